The summed E-state index contributed by atoms with van der Waals surface area (Å²) in [6.07, 6.45) is 0.0827. The van der Waals surface area contributed by atoms with Gasteiger partial charge in [0.25, 0.3) is 5.56 Å². The van der Waals surface area contributed by atoms with E-state index in [0.717, 1.165) is 14.8 Å². The predicted octanol–water partition coefficient (Wildman–Crippen LogP) is 2.79. The van der Waals surface area contributed by atoms with Crippen molar-refractivity contribution in [2.75, 3.05) is 5.32 Å². The van der Waals surface area contributed by atoms with E-state index in [1.54, 1.807) is 38.1 Å². The van der Waals surface area contributed by atoms with E-state index in [4.69, 9.17) is 4.52 Å². The summed E-state index contributed by atoms with van der Waals surface area (Å²) in [6, 6.07) is 11.5. The van der Waals surface area contributed by atoms with Crippen molar-refractivity contribution in [3.05, 3.63) is 86.1 Å². The van der Waals surface area contributed by atoms with E-state index >= 15 is 0 Å². The van der Waals surface area contributed by atoms with Crippen molar-refractivity contribution in [2.45, 2.75) is 40.2 Å². The number of nitrogens with one attached hydrogen (secondary N) is 1. The Morgan fingerprint density at radius 3 is 2.54 bits per heavy atom. The van der Waals surface area contributed by atoms with Crippen LogP contribution in [-0.4, -0.2) is 30.4 Å². The number of carbonyl (C=O) groups is 1. The minimum absolute atomic E-state index is 0.00733. The third kappa shape index (κ3) is 5.08. The van der Waals surface area contributed by atoms with E-state index in [1.807, 2.05) is 19.1 Å². The molecule has 2 aromatic carbocycles. The van der Waals surface area contributed by atoms with Gasteiger partial charge in [0.1, 0.15) is 5.82 Å². The Kier molecular flexibility index (Phi) is 6.67. The SMILES string of the molecule is CCn1c(=O)c(-c2noc(CCC(=O)Nc3ccc(C)c(F)c3)n2)nn(-c2ccc(C)cc2)c1=O. The number of amides is 1. The maximum atomic E-state index is 13.7. The summed E-state index contributed by atoms with van der Waals surface area (Å²) in [6.45, 7) is 5.35. The van der Waals surface area contributed by atoms with E-state index in [-0.39, 0.29) is 42.7 Å². The molecule has 35 heavy (non-hydrogen) atoms. The summed E-state index contributed by atoms with van der Waals surface area (Å²) in [4.78, 5) is 42.1. The van der Waals surface area contributed by atoms with Gasteiger partial charge in [0.15, 0.2) is 5.69 Å². The Hall–Kier alpha value is -4.41. The number of carbonyl (C=O) groups excluding carboxylic acids is 1. The Balaban J connectivity index is 1.55. The molecule has 2 heterocycles. The summed E-state index contributed by atoms with van der Waals surface area (Å²) in [7, 11) is 0. The summed E-state index contributed by atoms with van der Waals surface area (Å²) in [5.74, 6) is -0.759. The van der Waals surface area contributed by atoms with Crippen molar-refractivity contribution >= 4 is 11.6 Å². The summed E-state index contributed by atoms with van der Waals surface area (Å²) in [5, 5.41) is 10.6. The Morgan fingerprint density at radius 2 is 1.86 bits per heavy atom. The topological polar surface area (TPSA) is 125 Å². The van der Waals surface area contributed by atoms with Crippen molar-refractivity contribution < 1.29 is 13.7 Å². The number of hydrogen-bond donors (Lipinski definition) is 1. The van der Waals surface area contributed by atoms with Crippen LogP contribution in [0.25, 0.3) is 17.2 Å². The average molecular weight is 478 g/mol. The zero-order valence-electron chi connectivity index (χ0n) is 19.4. The molecule has 0 radical (unpaired) electrons. The number of aryl methyl sites for hydroxylation is 3. The van der Waals surface area contributed by atoms with Gasteiger partial charge in [-0.05, 0) is 50.6 Å². The normalized spacial score (nSPS) is 11.0. The van der Waals surface area contributed by atoms with Crippen LogP contribution in [0.5, 0.6) is 0 Å². The fraction of sp³-hybridized carbons (Fsp3) is 0.250. The molecule has 1 N–H and O–H groups in total. The van der Waals surface area contributed by atoms with Gasteiger partial charge in [0.2, 0.25) is 17.6 Å². The maximum Gasteiger partial charge on any atom is 0.352 e. The van der Waals surface area contributed by atoms with E-state index in [0.29, 0.717) is 16.9 Å². The predicted molar refractivity (Wildman–Crippen MR) is 126 cm³/mol. The van der Waals surface area contributed by atoms with Crippen molar-refractivity contribution in [1.82, 2.24) is 24.5 Å². The minimum Gasteiger partial charge on any atom is -0.339 e. The molecular formula is C24H23FN6O4. The second-order valence-electron chi connectivity index (χ2n) is 7.95. The molecule has 0 unspecified atom stereocenters. The zero-order valence-corrected chi connectivity index (χ0v) is 19.4. The molecule has 0 spiro atoms. The quantitative estimate of drug-likeness (QED) is 0.433. The van der Waals surface area contributed by atoms with Crippen LogP contribution >= 0.6 is 0 Å². The number of aromatic nitrogens is 5. The molecule has 0 bridgehead atoms. The van der Waals surface area contributed by atoms with Crippen LogP contribution in [0.1, 0.15) is 30.4 Å². The van der Waals surface area contributed by atoms with Gasteiger partial charge >= 0.3 is 5.69 Å². The molecule has 4 rings (SSSR count). The van der Waals surface area contributed by atoms with Gasteiger partial charge in [-0.3, -0.25) is 14.2 Å². The first-order valence-electron chi connectivity index (χ1n) is 11.0. The van der Waals surface area contributed by atoms with Crippen molar-refractivity contribution in [1.29, 1.82) is 0 Å². The fourth-order valence-electron chi connectivity index (χ4n) is 3.36. The number of halogens is 1. The first kappa shape index (κ1) is 23.7. The van der Waals surface area contributed by atoms with Crippen molar-refractivity contribution in [3.8, 4) is 17.2 Å². The lowest BCUT2D eigenvalue weighted by Gasteiger charge is -2.09. The molecule has 0 fully saturated rings. The van der Waals surface area contributed by atoms with Crippen LogP contribution in [0.3, 0.4) is 0 Å². The number of anilines is 1. The summed E-state index contributed by atoms with van der Waals surface area (Å²) >= 11 is 0. The van der Waals surface area contributed by atoms with Crippen LogP contribution < -0.4 is 16.6 Å². The smallest absolute Gasteiger partial charge is 0.339 e. The maximum absolute atomic E-state index is 13.7. The third-order valence-corrected chi connectivity index (χ3v) is 5.36. The van der Waals surface area contributed by atoms with Crippen LogP contribution in [0.2, 0.25) is 0 Å². The van der Waals surface area contributed by atoms with Gasteiger partial charge < -0.3 is 9.84 Å². The Morgan fingerprint density at radius 1 is 1.11 bits per heavy atom. The molecule has 180 valence electrons. The van der Waals surface area contributed by atoms with Crippen LogP contribution in [0.4, 0.5) is 10.1 Å². The summed E-state index contributed by atoms with van der Waals surface area (Å²) in [5.41, 5.74) is 0.923. The standard InChI is InChI=1S/C24H23FN6O4/c1-4-30-23(33)21(28-31(24(30)34)17-9-5-14(2)6-10-17)22-27-20(35-29-22)12-11-19(32)26-16-8-7-15(3)18(25)13-16/h5-10,13H,4,11-12H2,1-3H3,(H,26,32). The van der Waals surface area contributed by atoms with E-state index < -0.39 is 17.1 Å². The highest BCUT2D eigenvalue weighted by Gasteiger charge is 2.20. The molecule has 11 heteroatoms. The van der Waals surface area contributed by atoms with Gasteiger partial charge in [-0.1, -0.05) is 28.9 Å². The molecule has 0 aliphatic heterocycles. The van der Waals surface area contributed by atoms with Crippen LogP contribution in [0.15, 0.2) is 56.6 Å². The number of benzene rings is 2. The lowest BCUT2D eigenvalue weighted by atomic mass is 10.2. The number of nitrogens with zero attached hydrogens (tertiary/aromatic N) is 5. The highest BCUT2D eigenvalue weighted by atomic mass is 19.1. The Bertz CT molecular complexity index is 1500. The molecule has 1 amide bonds. The second-order valence-corrected chi connectivity index (χ2v) is 7.95. The minimum atomic E-state index is -0.646. The Labute approximate surface area is 199 Å². The third-order valence-electron chi connectivity index (χ3n) is 5.36. The monoisotopic (exact) mass is 478 g/mol. The first-order chi connectivity index (χ1) is 16.8. The summed E-state index contributed by atoms with van der Waals surface area (Å²) < 4.78 is 21.0. The molecule has 0 saturated carbocycles. The highest BCUT2D eigenvalue weighted by Crippen LogP contribution is 2.15. The first-order valence-corrected chi connectivity index (χ1v) is 11.0. The number of rotatable bonds is 7. The van der Waals surface area contributed by atoms with Gasteiger partial charge in [0.05, 0.1) is 5.69 Å². The molecule has 4 aromatic rings. The van der Waals surface area contributed by atoms with Gasteiger partial charge in [-0.2, -0.15) is 14.8 Å². The molecule has 10 nitrogen and oxygen atoms in total. The van der Waals surface area contributed by atoms with E-state index in [2.05, 4.69) is 20.6 Å². The van der Waals surface area contributed by atoms with Gasteiger partial charge in [-0.15, -0.1) is 0 Å². The molecule has 0 aliphatic rings. The fourth-order valence-corrected chi connectivity index (χ4v) is 3.36. The van der Waals surface area contributed by atoms with Crippen molar-refractivity contribution in [2.24, 2.45) is 0 Å². The molecule has 2 aromatic heterocycles. The number of hydrogen-bond acceptors (Lipinski definition) is 7. The molecule has 0 aliphatic carbocycles. The van der Waals surface area contributed by atoms with Gasteiger partial charge in [0, 0.05) is 25.1 Å². The van der Waals surface area contributed by atoms with E-state index in [9.17, 15) is 18.8 Å². The average Bonchev–Trinajstić information content (AvgIpc) is 3.30. The van der Waals surface area contributed by atoms with E-state index in [1.165, 1.54) is 6.07 Å². The second kappa shape index (κ2) is 9.84. The van der Waals surface area contributed by atoms with Crippen LogP contribution in [-0.2, 0) is 17.8 Å². The highest BCUT2D eigenvalue weighted by molar-refractivity contribution is 5.90. The van der Waals surface area contributed by atoms with Crippen LogP contribution in [0, 0.1) is 19.7 Å². The largest absolute Gasteiger partial charge is 0.352 e. The molecule has 0 atom stereocenters. The zero-order chi connectivity index (χ0) is 25.1. The van der Waals surface area contributed by atoms with Crippen molar-refractivity contribution in [3.63, 3.8) is 0 Å². The molecular weight excluding hydrogens is 455 g/mol. The molecule has 0 saturated heterocycles. The lowest BCUT2D eigenvalue weighted by Crippen LogP contribution is -2.41. The lowest BCUT2D eigenvalue weighted by molar-refractivity contribution is -0.116. The van der Waals surface area contributed by atoms with Gasteiger partial charge in [-0.25, -0.2) is 9.18 Å².